The summed E-state index contributed by atoms with van der Waals surface area (Å²) in [6.07, 6.45) is 0. The van der Waals surface area contributed by atoms with Crippen molar-refractivity contribution in [3.05, 3.63) is 49.6 Å². The van der Waals surface area contributed by atoms with Gasteiger partial charge in [0.05, 0.1) is 29.1 Å². The first-order chi connectivity index (χ1) is 12.9. The van der Waals surface area contributed by atoms with Crippen molar-refractivity contribution in [3.63, 3.8) is 0 Å². The summed E-state index contributed by atoms with van der Waals surface area (Å²) in [5.74, 6) is -0.687. The molecule has 1 aromatic carbocycles. The highest BCUT2D eigenvalue weighted by Gasteiger charge is 2.20. The number of hydrogen-bond donors (Lipinski definition) is 2. The van der Waals surface area contributed by atoms with Crippen LogP contribution in [0.1, 0.15) is 10.4 Å². The van der Waals surface area contributed by atoms with Gasteiger partial charge in [0.2, 0.25) is 0 Å². The van der Waals surface area contributed by atoms with Crippen molar-refractivity contribution in [2.24, 2.45) is 0 Å². The SMILES string of the molecule is COCCn1c(N)c(C(=O)CSc2nc3cc(Cl)ccc3s2)c(=O)[nH]c1=O. The third-order valence-electron chi connectivity index (χ3n) is 3.69. The molecular formula is C16H15ClN4O4S2. The number of nitrogens with zero attached hydrogens (tertiary/aromatic N) is 2. The molecule has 3 aromatic rings. The molecule has 11 heteroatoms. The summed E-state index contributed by atoms with van der Waals surface area (Å²) in [4.78, 5) is 43.1. The molecule has 0 bridgehead atoms. The van der Waals surface area contributed by atoms with Crippen LogP contribution in [0.5, 0.6) is 0 Å². The summed E-state index contributed by atoms with van der Waals surface area (Å²) < 4.78 is 7.64. The van der Waals surface area contributed by atoms with Crippen molar-refractivity contribution in [2.45, 2.75) is 10.9 Å². The second-order valence-electron chi connectivity index (χ2n) is 5.47. The van der Waals surface area contributed by atoms with E-state index < -0.39 is 17.0 Å². The lowest BCUT2D eigenvalue weighted by molar-refractivity contribution is 0.102. The molecule has 0 saturated carbocycles. The van der Waals surface area contributed by atoms with Crippen LogP contribution >= 0.6 is 34.7 Å². The highest BCUT2D eigenvalue weighted by Crippen LogP contribution is 2.31. The lowest BCUT2D eigenvalue weighted by atomic mass is 10.2. The van der Waals surface area contributed by atoms with E-state index in [1.165, 1.54) is 30.2 Å². The van der Waals surface area contributed by atoms with Gasteiger partial charge < -0.3 is 10.5 Å². The van der Waals surface area contributed by atoms with E-state index in [0.29, 0.717) is 9.36 Å². The zero-order chi connectivity index (χ0) is 19.6. The second-order valence-corrected chi connectivity index (χ2v) is 8.16. The molecule has 3 N–H and O–H groups in total. The van der Waals surface area contributed by atoms with Crippen molar-refractivity contribution >= 4 is 56.5 Å². The van der Waals surface area contributed by atoms with E-state index in [0.717, 1.165) is 14.8 Å². The van der Waals surface area contributed by atoms with Crippen LogP contribution in [0, 0.1) is 0 Å². The zero-order valence-corrected chi connectivity index (χ0v) is 16.5. The minimum Gasteiger partial charge on any atom is -0.384 e. The number of fused-ring (bicyclic) bond motifs is 1. The molecule has 0 aliphatic heterocycles. The molecule has 0 fully saturated rings. The molecule has 2 aromatic heterocycles. The number of methoxy groups -OCH3 is 1. The summed E-state index contributed by atoms with van der Waals surface area (Å²) in [5.41, 5.74) is 4.94. The molecule has 0 spiro atoms. The largest absolute Gasteiger partial charge is 0.384 e. The van der Waals surface area contributed by atoms with E-state index in [-0.39, 0.29) is 30.3 Å². The number of ether oxygens (including phenoxy) is 1. The fraction of sp³-hybridized carbons (Fsp3) is 0.250. The van der Waals surface area contributed by atoms with Gasteiger partial charge in [0.1, 0.15) is 11.4 Å². The molecule has 0 amide bonds. The van der Waals surface area contributed by atoms with Gasteiger partial charge in [0.25, 0.3) is 5.56 Å². The summed E-state index contributed by atoms with van der Waals surface area (Å²) in [6.45, 7) is 0.344. The van der Waals surface area contributed by atoms with Gasteiger partial charge in [-0.05, 0) is 18.2 Å². The van der Waals surface area contributed by atoms with Gasteiger partial charge in [-0.2, -0.15) is 0 Å². The van der Waals surface area contributed by atoms with Crippen LogP contribution in [0.4, 0.5) is 5.82 Å². The predicted octanol–water partition coefficient (Wildman–Crippen LogP) is 2.00. The minimum absolute atomic E-state index is 0.0384. The average Bonchev–Trinajstić information content (AvgIpc) is 3.01. The number of aromatic nitrogens is 3. The minimum atomic E-state index is -0.798. The number of rotatable bonds is 7. The summed E-state index contributed by atoms with van der Waals surface area (Å²) in [5, 5.41) is 0.582. The molecular weight excluding hydrogens is 412 g/mol. The Bertz CT molecular complexity index is 1120. The van der Waals surface area contributed by atoms with E-state index in [4.69, 9.17) is 22.1 Å². The lowest BCUT2D eigenvalue weighted by Crippen LogP contribution is -2.37. The quantitative estimate of drug-likeness (QED) is 0.438. The van der Waals surface area contributed by atoms with Crippen LogP contribution in [-0.2, 0) is 11.3 Å². The van der Waals surface area contributed by atoms with Crippen molar-refractivity contribution in [1.82, 2.24) is 14.5 Å². The number of ketones is 1. The van der Waals surface area contributed by atoms with Gasteiger partial charge in [-0.25, -0.2) is 9.78 Å². The standard InChI is InChI=1S/C16H15ClN4O4S2/c1-25-5-4-21-13(18)12(14(23)20-15(21)24)10(22)7-26-16-19-9-6-8(17)2-3-11(9)27-16/h2-3,6H,4-5,7,18H2,1H3,(H,20,23,24). The fourth-order valence-corrected chi connectivity index (χ4v) is 4.49. The number of H-pyrrole nitrogens is 1. The van der Waals surface area contributed by atoms with Crippen molar-refractivity contribution in [3.8, 4) is 0 Å². The van der Waals surface area contributed by atoms with E-state index in [1.807, 2.05) is 6.07 Å². The van der Waals surface area contributed by atoms with Crippen molar-refractivity contribution in [1.29, 1.82) is 0 Å². The van der Waals surface area contributed by atoms with Gasteiger partial charge in [0.15, 0.2) is 10.1 Å². The van der Waals surface area contributed by atoms with Gasteiger partial charge in [-0.3, -0.25) is 19.1 Å². The maximum atomic E-state index is 12.6. The first-order valence-electron chi connectivity index (χ1n) is 7.74. The Morgan fingerprint density at radius 3 is 2.96 bits per heavy atom. The van der Waals surface area contributed by atoms with Gasteiger partial charge in [-0.1, -0.05) is 23.4 Å². The maximum Gasteiger partial charge on any atom is 0.330 e. The van der Waals surface area contributed by atoms with E-state index in [1.54, 1.807) is 12.1 Å². The highest BCUT2D eigenvalue weighted by atomic mass is 35.5. The number of carbonyl (C=O) groups is 1. The molecule has 142 valence electrons. The number of carbonyl (C=O) groups excluding carboxylic acids is 1. The van der Waals surface area contributed by atoms with Crippen LogP contribution in [0.25, 0.3) is 10.2 Å². The Balaban J connectivity index is 1.82. The molecule has 2 heterocycles. The van der Waals surface area contributed by atoms with Crippen LogP contribution in [-0.4, -0.2) is 39.8 Å². The third kappa shape index (κ3) is 4.24. The van der Waals surface area contributed by atoms with Crippen LogP contribution in [0.3, 0.4) is 0 Å². The van der Waals surface area contributed by atoms with Crippen LogP contribution in [0.2, 0.25) is 5.02 Å². The van der Waals surface area contributed by atoms with E-state index in [9.17, 15) is 14.4 Å². The molecule has 0 saturated heterocycles. The number of thioether (sulfide) groups is 1. The number of thiazole rings is 1. The topological polar surface area (TPSA) is 120 Å². The number of nitrogen functional groups attached to an aromatic ring is 1. The first kappa shape index (κ1) is 19.6. The molecule has 8 nitrogen and oxygen atoms in total. The van der Waals surface area contributed by atoms with Gasteiger partial charge in [0, 0.05) is 12.1 Å². The molecule has 3 rings (SSSR count). The Hall–Kier alpha value is -2.14. The fourth-order valence-electron chi connectivity index (χ4n) is 2.40. The molecule has 0 aliphatic rings. The third-order valence-corrected chi connectivity index (χ3v) is 6.11. The summed E-state index contributed by atoms with van der Waals surface area (Å²) in [7, 11) is 1.47. The Morgan fingerprint density at radius 2 is 2.22 bits per heavy atom. The lowest BCUT2D eigenvalue weighted by Gasteiger charge is -2.11. The Labute approximate surface area is 166 Å². The number of benzene rings is 1. The Morgan fingerprint density at radius 1 is 1.44 bits per heavy atom. The molecule has 0 atom stereocenters. The maximum absolute atomic E-state index is 12.6. The van der Waals surface area contributed by atoms with E-state index >= 15 is 0 Å². The monoisotopic (exact) mass is 426 g/mol. The highest BCUT2D eigenvalue weighted by molar-refractivity contribution is 8.01. The Kier molecular flexibility index (Phi) is 6.00. The predicted molar refractivity (Wildman–Crippen MR) is 107 cm³/mol. The molecule has 27 heavy (non-hydrogen) atoms. The number of aromatic amines is 1. The molecule has 0 radical (unpaired) electrons. The summed E-state index contributed by atoms with van der Waals surface area (Å²) >= 11 is 8.56. The first-order valence-corrected chi connectivity index (χ1v) is 9.92. The number of nitrogens with two attached hydrogens (primary N) is 1. The number of Topliss-reactive ketones (excluding diaryl/α,β-unsaturated/α-hetero) is 1. The zero-order valence-electron chi connectivity index (χ0n) is 14.2. The number of anilines is 1. The average molecular weight is 427 g/mol. The number of nitrogens with one attached hydrogen (secondary N) is 1. The van der Waals surface area contributed by atoms with Crippen LogP contribution in [0.15, 0.2) is 32.1 Å². The number of halogens is 1. The van der Waals surface area contributed by atoms with Gasteiger partial charge >= 0.3 is 5.69 Å². The van der Waals surface area contributed by atoms with Crippen molar-refractivity contribution < 1.29 is 9.53 Å². The van der Waals surface area contributed by atoms with E-state index in [2.05, 4.69) is 9.97 Å². The van der Waals surface area contributed by atoms with Crippen molar-refractivity contribution in [2.75, 3.05) is 25.2 Å². The summed E-state index contributed by atoms with van der Waals surface area (Å²) in [6, 6.07) is 5.37. The van der Waals surface area contributed by atoms with Crippen LogP contribution < -0.4 is 17.0 Å². The number of hydrogen-bond acceptors (Lipinski definition) is 8. The molecule has 0 aliphatic carbocycles. The second kappa shape index (κ2) is 8.26. The molecule has 0 unspecified atom stereocenters. The van der Waals surface area contributed by atoms with Gasteiger partial charge in [-0.15, -0.1) is 11.3 Å². The smallest absolute Gasteiger partial charge is 0.330 e. The normalized spacial score (nSPS) is 11.2.